The van der Waals surface area contributed by atoms with E-state index in [2.05, 4.69) is 20.3 Å². The first-order chi connectivity index (χ1) is 14.2. The summed E-state index contributed by atoms with van der Waals surface area (Å²) in [6.07, 6.45) is 13.8. The van der Waals surface area contributed by atoms with Gasteiger partial charge in [0.25, 0.3) is 0 Å². The Morgan fingerprint density at radius 3 is 2.97 bits per heavy atom. The van der Waals surface area contributed by atoms with Crippen molar-refractivity contribution in [1.29, 1.82) is 0 Å². The molecule has 1 atom stereocenters. The van der Waals surface area contributed by atoms with Crippen LogP contribution in [0, 0.1) is 5.82 Å². The summed E-state index contributed by atoms with van der Waals surface area (Å²) >= 11 is 0. The predicted molar refractivity (Wildman–Crippen MR) is 107 cm³/mol. The van der Waals surface area contributed by atoms with Gasteiger partial charge in [0, 0.05) is 36.6 Å². The van der Waals surface area contributed by atoms with Crippen molar-refractivity contribution in [2.75, 3.05) is 11.4 Å². The van der Waals surface area contributed by atoms with Crippen LogP contribution < -0.4 is 10.2 Å². The van der Waals surface area contributed by atoms with Crippen LogP contribution in [0.15, 0.2) is 43.0 Å². The molecule has 2 fully saturated rings. The summed E-state index contributed by atoms with van der Waals surface area (Å²) in [4.78, 5) is 22.9. The summed E-state index contributed by atoms with van der Waals surface area (Å²) in [6.45, 7) is 0.841. The lowest BCUT2D eigenvalue weighted by Gasteiger charge is -2.26. The zero-order valence-electron chi connectivity index (χ0n) is 15.8. The second-order valence-electron chi connectivity index (χ2n) is 7.56. The van der Waals surface area contributed by atoms with Gasteiger partial charge in [0.05, 0.1) is 18.4 Å². The molecule has 1 aliphatic heterocycles. The van der Waals surface area contributed by atoms with Crippen LogP contribution in [0.1, 0.15) is 42.9 Å². The molecule has 7 nitrogen and oxygen atoms in total. The van der Waals surface area contributed by atoms with Gasteiger partial charge < -0.3 is 10.2 Å². The Hall–Kier alpha value is -3.29. The van der Waals surface area contributed by atoms with Gasteiger partial charge in [-0.3, -0.25) is 9.78 Å². The molecular formula is C21H21FN6O. The van der Waals surface area contributed by atoms with Gasteiger partial charge >= 0.3 is 0 Å². The number of amides is 1. The third-order valence-corrected chi connectivity index (χ3v) is 5.38. The number of hydrogen-bond acceptors (Lipinski definition) is 5. The average molecular weight is 392 g/mol. The molecule has 8 heteroatoms. The van der Waals surface area contributed by atoms with Crippen molar-refractivity contribution in [2.24, 2.45) is 0 Å². The van der Waals surface area contributed by atoms with Crippen molar-refractivity contribution in [2.45, 2.75) is 37.8 Å². The topological polar surface area (TPSA) is 75.4 Å². The Morgan fingerprint density at radius 1 is 1.24 bits per heavy atom. The number of fused-ring (bicyclic) bond motifs is 1. The van der Waals surface area contributed by atoms with Gasteiger partial charge in [-0.2, -0.15) is 5.10 Å². The molecule has 5 rings (SSSR count). The largest absolute Gasteiger partial charge is 0.350 e. The number of hydrogen-bond donors (Lipinski definition) is 1. The monoisotopic (exact) mass is 392 g/mol. The van der Waals surface area contributed by atoms with Crippen LogP contribution in [0.25, 0.3) is 11.7 Å². The summed E-state index contributed by atoms with van der Waals surface area (Å²) in [6, 6.07) is 3.82. The molecule has 1 aliphatic carbocycles. The van der Waals surface area contributed by atoms with Crippen LogP contribution in [0.3, 0.4) is 0 Å². The number of aromatic nitrogens is 4. The second kappa shape index (κ2) is 7.27. The number of carbonyl (C=O) groups excluding carboxylic acids is 1. The van der Waals surface area contributed by atoms with E-state index in [4.69, 9.17) is 4.98 Å². The minimum atomic E-state index is -0.328. The van der Waals surface area contributed by atoms with E-state index in [1.165, 1.54) is 12.3 Å². The molecule has 3 aromatic heterocycles. The number of carbonyl (C=O) groups is 1. The van der Waals surface area contributed by atoms with E-state index in [0.717, 1.165) is 49.2 Å². The van der Waals surface area contributed by atoms with Crippen molar-refractivity contribution in [1.82, 2.24) is 24.9 Å². The Bertz CT molecular complexity index is 1090. The van der Waals surface area contributed by atoms with Crippen molar-refractivity contribution in [3.05, 3.63) is 59.9 Å². The third-order valence-electron chi connectivity index (χ3n) is 5.38. The molecule has 0 bridgehead atoms. The highest BCUT2D eigenvalue weighted by Crippen LogP contribution is 2.35. The summed E-state index contributed by atoms with van der Waals surface area (Å²) in [5.41, 5.74) is 2.32. The molecule has 1 amide bonds. The summed E-state index contributed by atoms with van der Waals surface area (Å²) in [5.74, 6) is 0.383. The molecule has 4 heterocycles. The first-order valence-electron chi connectivity index (χ1n) is 9.87. The molecule has 29 heavy (non-hydrogen) atoms. The number of halogens is 1. The van der Waals surface area contributed by atoms with Gasteiger partial charge in [-0.05, 0) is 49.5 Å². The number of rotatable bonds is 5. The second-order valence-corrected chi connectivity index (χ2v) is 7.56. The maximum atomic E-state index is 13.7. The molecule has 0 spiro atoms. The maximum Gasteiger partial charge on any atom is 0.244 e. The molecule has 0 radical (unpaired) electrons. The highest BCUT2D eigenvalue weighted by Gasteiger charge is 2.28. The maximum absolute atomic E-state index is 13.7. The molecule has 148 valence electrons. The molecule has 1 saturated heterocycles. The molecule has 2 aliphatic rings. The minimum absolute atomic E-state index is 0.0411. The van der Waals surface area contributed by atoms with Gasteiger partial charge in [0.1, 0.15) is 11.6 Å². The fraction of sp³-hybridized carbons (Fsp3) is 0.333. The van der Waals surface area contributed by atoms with Gasteiger partial charge in [-0.1, -0.05) is 0 Å². The van der Waals surface area contributed by atoms with Gasteiger partial charge in [-0.15, -0.1) is 0 Å². The highest BCUT2D eigenvalue weighted by atomic mass is 19.1. The zero-order valence-corrected chi connectivity index (χ0v) is 15.8. The van der Waals surface area contributed by atoms with Crippen molar-refractivity contribution < 1.29 is 9.18 Å². The van der Waals surface area contributed by atoms with Crippen LogP contribution in [0.4, 0.5) is 10.2 Å². The molecule has 1 N–H and O–H groups in total. The van der Waals surface area contributed by atoms with Gasteiger partial charge in [0.15, 0.2) is 5.65 Å². The number of nitrogens with zero attached hydrogens (tertiary/aromatic N) is 5. The zero-order chi connectivity index (χ0) is 19.8. The van der Waals surface area contributed by atoms with Crippen LogP contribution in [0.2, 0.25) is 0 Å². The standard InChI is InChI=1S/C21H21FN6O/c22-16-10-15(11-23-13-16)18-2-1-8-27(18)19-7-9-28-21(26-19)14(12-24-28)3-6-20(29)25-17-4-5-17/h3,6-7,9-13,17-18H,1-2,4-5,8H2,(H,25,29)/b6-3+. The van der Waals surface area contributed by atoms with E-state index in [0.29, 0.717) is 11.7 Å². The molecule has 1 saturated carbocycles. The lowest BCUT2D eigenvalue weighted by molar-refractivity contribution is -0.116. The molecule has 0 aromatic carbocycles. The SMILES string of the molecule is O=C(/C=C/c1cnn2ccc(N3CCCC3c3cncc(F)c3)nc12)NC1CC1. The van der Waals surface area contributed by atoms with Crippen LogP contribution in [-0.2, 0) is 4.79 Å². The number of anilines is 1. The van der Waals surface area contributed by atoms with Crippen molar-refractivity contribution in [3.63, 3.8) is 0 Å². The quantitative estimate of drug-likeness (QED) is 0.676. The minimum Gasteiger partial charge on any atom is -0.350 e. The Kier molecular flexibility index (Phi) is 4.46. The van der Waals surface area contributed by atoms with E-state index >= 15 is 0 Å². The van der Waals surface area contributed by atoms with Crippen LogP contribution >= 0.6 is 0 Å². The summed E-state index contributed by atoms with van der Waals surface area (Å²) in [5, 5.41) is 7.25. The lowest BCUT2D eigenvalue weighted by atomic mass is 10.1. The third kappa shape index (κ3) is 3.70. The lowest BCUT2D eigenvalue weighted by Crippen LogP contribution is -2.24. The summed E-state index contributed by atoms with van der Waals surface area (Å²) < 4.78 is 15.3. The van der Waals surface area contributed by atoms with E-state index < -0.39 is 0 Å². The normalized spacial score (nSPS) is 19.3. The van der Waals surface area contributed by atoms with E-state index in [1.807, 2.05) is 12.3 Å². The Labute approximate surface area is 167 Å². The average Bonchev–Trinajstić information content (AvgIpc) is 3.25. The summed E-state index contributed by atoms with van der Waals surface area (Å²) in [7, 11) is 0. The van der Waals surface area contributed by atoms with Crippen molar-refractivity contribution >= 4 is 23.4 Å². The van der Waals surface area contributed by atoms with Crippen LogP contribution in [0.5, 0.6) is 0 Å². The smallest absolute Gasteiger partial charge is 0.244 e. The van der Waals surface area contributed by atoms with Gasteiger partial charge in [-0.25, -0.2) is 13.9 Å². The fourth-order valence-corrected chi connectivity index (χ4v) is 3.79. The highest BCUT2D eigenvalue weighted by molar-refractivity contribution is 5.93. The first kappa shape index (κ1) is 17.8. The predicted octanol–water partition coefficient (Wildman–Crippen LogP) is 2.90. The molecule has 3 aromatic rings. The molecule has 1 unspecified atom stereocenters. The fourth-order valence-electron chi connectivity index (χ4n) is 3.79. The Morgan fingerprint density at radius 2 is 2.14 bits per heavy atom. The number of nitrogens with one attached hydrogen (secondary N) is 1. The van der Waals surface area contributed by atoms with Crippen LogP contribution in [-0.4, -0.2) is 38.1 Å². The van der Waals surface area contributed by atoms with Gasteiger partial charge in [0.2, 0.25) is 5.91 Å². The molecular weight excluding hydrogens is 371 g/mol. The first-order valence-corrected chi connectivity index (χ1v) is 9.87. The van der Waals surface area contributed by atoms with E-state index in [9.17, 15) is 9.18 Å². The van der Waals surface area contributed by atoms with E-state index in [1.54, 1.807) is 29.1 Å². The Balaban J connectivity index is 1.43. The van der Waals surface area contributed by atoms with E-state index in [-0.39, 0.29) is 17.8 Å². The van der Waals surface area contributed by atoms with Crippen molar-refractivity contribution in [3.8, 4) is 0 Å². The number of pyridine rings is 1.